The van der Waals surface area contributed by atoms with E-state index in [-0.39, 0.29) is 18.7 Å². The van der Waals surface area contributed by atoms with Crippen LogP contribution in [0.3, 0.4) is 0 Å². The number of nitrogens with zero attached hydrogens (tertiary/aromatic N) is 5. The molecule has 41 heavy (non-hydrogen) atoms. The highest BCUT2D eigenvalue weighted by atomic mass is 35.5. The number of ether oxygens (including phenoxy) is 3. The van der Waals surface area contributed by atoms with Crippen molar-refractivity contribution in [1.82, 2.24) is 19.4 Å². The van der Waals surface area contributed by atoms with Crippen LogP contribution in [0.15, 0.2) is 54.7 Å². The molecular formula is C30H31ClFN5O4. The van der Waals surface area contributed by atoms with Gasteiger partial charge in [0.25, 0.3) is 0 Å². The molecule has 0 bridgehead atoms. The number of aromatic nitrogens is 3. The first-order valence-electron chi connectivity index (χ1n) is 13.7. The lowest BCUT2D eigenvalue weighted by Crippen LogP contribution is -2.46. The van der Waals surface area contributed by atoms with E-state index in [4.69, 9.17) is 30.8 Å². The maximum atomic E-state index is 14.3. The van der Waals surface area contributed by atoms with Gasteiger partial charge < -0.3 is 23.7 Å². The quantitative estimate of drug-likeness (QED) is 0.264. The highest BCUT2D eigenvalue weighted by molar-refractivity contribution is 6.30. The average Bonchev–Trinajstić information content (AvgIpc) is 3.30. The third kappa shape index (κ3) is 6.00. The van der Waals surface area contributed by atoms with Crippen LogP contribution in [0, 0.1) is 5.82 Å². The largest absolute Gasteiger partial charge is 0.471 e. The van der Waals surface area contributed by atoms with E-state index in [9.17, 15) is 9.18 Å². The van der Waals surface area contributed by atoms with Gasteiger partial charge >= 0.3 is 5.97 Å². The van der Waals surface area contributed by atoms with E-state index in [0.29, 0.717) is 35.1 Å². The molecule has 1 atom stereocenters. The van der Waals surface area contributed by atoms with Crippen LogP contribution in [0.2, 0.25) is 5.02 Å². The number of hydrogen-bond acceptors (Lipinski definition) is 8. The fourth-order valence-electron chi connectivity index (χ4n) is 5.24. The number of methoxy groups -OCH3 is 1. The second-order valence-corrected chi connectivity index (χ2v) is 10.7. The van der Waals surface area contributed by atoms with Crippen LogP contribution in [-0.4, -0.2) is 71.4 Å². The Kier molecular flexibility index (Phi) is 8.04. The number of anilines is 1. The highest BCUT2D eigenvalue weighted by Gasteiger charge is 2.26. The lowest BCUT2D eigenvalue weighted by molar-refractivity contribution is -0.0592. The molecule has 214 valence electrons. The topological polar surface area (TPSA) is 82.0 Å². The number of carbonyl (C=O) groups is 1. The van der Waals surface area contributed by atoms with Crippen molar-refractivity contribution in [3.8, 4) is 5.88 Å². The van der Waals surface area contributed by atoms with Crippen molar-refractivity contribution < 1.29 is 23.4 Å². The Balaban J connectivity index is 1.14. The normalized spacial score (nSPS) is 17.4. The fourth-order valence-corrected chi connectivity index (χ4v) is 5.40. The molecule has 6 rings (SSSR count). The zero-order valence-corrected chi connectivity index (χ0v) is 23.5. The smallest absolute Gasteiger partial charge is 0.337 e. The van der Waals surface area contributed by atoms with Gasteiger partial charge in [-0.2, -0.15) is 0 Å². The fraction of sp³-hybridized carbons (Fsp3) is 0.367. The number of carbonyl (C=O) groups excluding carboxylic acids is 1. The summed E-state index contributed by atoms with van der Waals surface area (Å²) in [7, 11) is 1.39. The Morgan fingerprint density at radius 1 is 1.15 bits per heavy atom. The summed E-state index contributed by atoms with van der Waals surface area (Å²) in [5.74, 6) is 0.648. The molecular weight excluding hydrogens is 549 g/mol. The number of halogens is 2. The molecule has 2 saturated heterocycles. The summed E-state index contributed by atoms with van der Waals surface area (Å²) in [6.07, 6.45) is 2.83. The summed E-state index contributed by atoms with van der Waals surface area (Å²) in [5, 5.41) is 0.348. The molecule has 0 unspecified atom stereocenters. The first-order chi connectivity index (χ1) is 20.0. The van der Waals surface area contributed by atoms with Gasteiger partial charge in [-0.3, -0.25) is 4.90 Å². The monoisotopic (exact) mass is 579 g/mol. The molecule has 4 aromatic rings. The Hall–Kier alpha value is -3.73. The molecule has 0 N–H and O–H groups in total. The maximum Gasteiger partial charge on any atom is 0.337 e. The Morgan fingerprint density at radius 3 is 2.71 bits per heavy atom. The molecule has 2 aromatic heterocycles. The van der Waals surface area contributed by atoms with Gasteiger partial charge in [0.1, 0.15) is 18.2 Å². The maximum absolute atomic E-state index is 14.3. The summed E-state index contributed by atoms with van der Waals surface area (Å²) in [5.41, 5.74) is 3.56. The summed E-state index contributed by atoms with van der Waals surface area (Å²) in [6, 6.07) is 13.9. The minimum absolute atomic E-state index is 0.0611. The van der Waals surface area contributed by atoms with Gasteiger partial charge in [0, 0.05) is 49.6 Å². The van der Waals surface area contributed by atoms with Gasteiger partial charge in [0.05, 0.1) is 48.6 Å². The number of benzene rings is 2. The van der Waals surface area contributed by atoms with Crippen molar-refractivity contribution in [1.29, 1.82) is 0 Å². The first kappa shape index (κ1) is 27.4. The first-order valence-corrected chi connectivity index (χ1v) is 14.0. The predicted molar refractivity (Wildman–Crippen MR) is 153 cm³/mol. The van der Waals surface area contributed by atoms with E-state index in [0.717, 1.165) is 61.8 Å². The van der Waals surface area contributed by atoms with Crippen molar-refractivity contribution in [2.24, 2.45) is 0 Å². The van der Waals surface area contributed by atoms with E-state index >= 15 is 0 Å². The van der Waals surface area contributed by atoms with Gasteiger partial charge in [-0.05, 0) is 48.9 Å². The lowest BCUT2D eigenvalue weighted by Gasteiger charge is -2.36. The lowest BCUT2D eigenvalue weighted by atomic mass is 10.1. The number of hydrogen-bond donors (Lipinski definition) is 0. The minimum Gasteiger partial charge on any atom is -0.471 e. The molecule has 4 heterocycles. The molecule has 2 aliphatic rings. The van der Waals surface area contributed by atoms with Gasteiger partial charge in [-0.15, -0.1) is 0 Å². The number of rotatable bonds is 9. The molecule has 2 fully saturated rings. The second kappa shape index (κ2) is 12.0. The molecule has 0 saturated carbocycles. The molecule has 2 aliphatic heterocycles. The SMILES string of the molecule is COC(=O)c1ccc2nc(CN3CCN(c4cccnc4OCc4ccc(Cl)cc4F)CC3)n(C[C@@H]3CCO3)c2c1. The molecule has 9 nitrogen and oxygen atoms in total. The van der Waals surface area contributed by atoms with Crippen LogP contribution in [0.25, 0.3) is 11.0 Å². The Morgan fingerprint density at radius 2 is 1.98 bits per heavy atom. The van der Waals surface area contributed by atoms with Crippen molar-refractivity contribution >= 4 is 34.3 Å². The molecule has 11 heteroatoms. The van der Waals surface area contributed by atoms with Gasteiger partial charge in [-0.25, -0.2) is 19.2 Å². The zero-order valence-electron chi connectivity index (χ0n) is 22.8. The van der Waals surface area contributed by atoms with Crippen molar-refractivity contribution in [2.45, 2.75) is 32.2 Å². The average molecular weight is 580 g/mol. The second-order valence-electron chi connectivity index (χ2n) is 10.2. The Bertz CT molecular complexity index is 1550. The molecule has 0 amide bonds. The third-order valence-corrected chi connectivity index (χ3v) is 7.87. The number of fused-ring (bicyclic) bond motifs is 1. The van der Waals surface area contributed by atoms with E-state index < -0.39 is 5.82 Å². The van der Waals surface area contributed by atoms with Crippen LogP contribution in [-0.2, 0) is 29.2 Å². The highest BCUT2D eigenvalue weighted by Crippen LogP contribution is 2.29. The standard InChI is InChI=1S/C30H31ClFN5O4/c1-39-30(38)20-5-7-25-27(15-20)37(17-23-8-14-40-23)28(34-25)18-35-10-12-36(13-11-35)26-3-2-9-33-29(26)41-19-21-4-6-22(31)16-24(21)32/h2-7,9,15-16,23H,8,10-14,17-19H2,1H3/t23-/m0/s1. The third-order valence-electron chi connectivity index (χ3n) is 7.64. The van der Waals surface area contributed by atoms with Crippen LogP contribution >= 0.6 is 11.6 Å². The number of pyridine rings is 1. The van der Waals surface area contributed by atoms with Crippen LogP contribution in [0.1, 0.15) is 28.2 Å². The van der Waals surface area contributed by atoms with E-state index in [1.807, 2.05) is 24.3 Å². The van der Waals surface area contributed by atoms with Gasteiger partial charge in [0.2, 0.25) is 5.88 Å². The van der Waals surface area contributed by atoms with Crippen molar-refractivity contribution in [2.75, 3.05) is 44.8 Å². The van der Waals surface area contributed by atoms with Crippen LogP contribution in [0.5, 0.6) is 5.88 Å². The predicted octanol–water partition coefficient (Wildman–Crippen LogP) is 4.70. The molecule has 2 aromatic carbocycles. The minimum atomic E-state index is -0.403. The van der Waals surface area contributed by atoms with E-state index in [2.05, 4.69) is 19.4 Å². The van der Waals surface area contributed by atoms with Crippen LogP contribution in [0.4, 0.5) is 10.1 Å². The Labute approximate surface area is 242 Å². The summed E-state index contributed by atoms with van der Waals surface area (Å²) in [4.78, 5) is 26.1. The van der Waals surface area contributed by atoms with Gasteiger partial charge in [0.15, 0.2) is 0 Å². The summed E-state index contributed by atoms with van der Waals surface area (Å²) in [6.45, 7) is 5.39. The zero-order chi connectivity index (χ0) is 28.3. The molecule has 0 aliphatic carbocycles. The van der Waals surface area contributed by atoms with Gasteiger partial charge in [-0.1, -0.05) is 17.7 Å². The van der Waals surface area contributed by atoms with E-state index in [1.54, 1.807) is 24.4 Å². The summed E-state index contributed by atoms with van der Waals surface area (Å²) < 4.78 is 33.0. The number of imidazole rings is 1. The number of esters is 1. The number of piperazine rings is 1. The van der Waals surface area contributed by atoms with Crippen molar-refractivity contribution in [3.05, 3.63) is 82.5 Å². The molecule has 0 radical (unpaired) electrons. The van der Waals surface area contributed by atoms with Crippen molar-refractivity contribution in [3.63, 3.8) is 0 Å². The van der Waals surface area contributed by atoms with Crippen LogP contribution < -0.4 is 9.64 Å². The molecule has 0 spiro atoms. The van der Waals surface area contributed by atoms with E-state index in [1.165, 1.54) is 13.2 Å². The summed E-state index contributed by atoms with van der Waals surface area (Å²) >= 11 is 5.88.